The second kappa shape index (κ2) is 8.61. The van der Waals surface area contributed by atoms with Crippen LogP contribution in [0.4, 0.5) is 11.4 Å². The highest BCUT2D eigenvalue weighted by atomic mass is 16.5. The van der Waals surface area contributed by atoms with Crippen molar-refractivity contribution in [1.29, 1.82) is 0 Å². The van der Waals surface area contributed by atoms with Gasteiger partial charge in [-0.05, 0) is 61.2 Å². The summed E-state index contributed by atoms with van der Waals surface area (Å²) in [5.74, 6) is 1.68. The summed E-state index contributed by atoms with van der Waals surface area (Å²) in [5, 5.41) is 6.39. The molecule has 0 aromatic heterocycles. The lowest BCUT2D eigenvalue weighted by atomic mass is 10.1. The number of carbonyl (C=O) groups is 1. The molecule has 138 valence electrons. The fraction of sp³-hybridized carbons (Fsp3) is 0.381. The van der Waals surface area contributed by atoms with Gasteiger partial charge in [-0.15, -0.1) is 0 Å². The van der Waals surface area contributed by atoms with Crippen LogP contribution in [-0.4, -0.2) is 26.7 Å². The van der Waals surface area contributed by atoms with Crippen LogP contribution in [0.15, 0.2) is 42.5 Å². The van der Waals surface area contributed by atoms with Crippen molar-refractivity contribution in [3.8, 4) is 11.5 Å². The van der Waals surface area contributed by atoms with E-state index in [-0.39, 0.29) is 5.91 Å². The van der Waals surface area contributed by atoms with Gasteiger partial charge in [-0.2, -0.15) is 0 Å². The first kappa shape index (κ1) is 18.1. The molecule has 1 fully saturated rings. The third kappa shape index (κ3) is 4.48. The maximum Gasteiger partial charge on any atom is 0.259 e. The van der Waals surface area contributed by atoms with Gasteiger partial charge in [0.05, 0.1) is 19.8 Å². The van der Waals surface area contributed by atoms with Crippen LogP contribution in [0.1, 0.15) is 36.0 Å². The Labute approximate surface area is 154 Å². The SMILES string of the molecule is COc1ccc(OC)c(C(=O)Nc2ccc(NCC3CCCC3)cc2)c1. The molecule has 2 N–H and O–H groups in total. The van der Waals surface area contributed by atoms with Gasteiger partial charge >= 0.3 is 0 Å². The summed E-state index contributed by atoms with van der Waals surface area (Å²) in [5.41, 5.74) is 2.26. The summed E-state index contributed by atoms with van der Waals surface area (Å²) in [7, 11) is 3.12. The van der Waals surface area contributed by atoms with E-state index in [1.807, 2.05) is 24.3 Å². The van der Waals surface area contributed by atoms with E-state index in [0.717, 1.165) is 23.8 Å². The number of carbonyl (C=O) groups excluding carboxylic acids is 1. The Morgan fingerprint density at radius 2 is 1.69 bits per heavy atom. The molecule has 1 saturated carbocycles. The lowest BCUT2D eigenvalue weighted by Gasteiger charge is -2.13. The largest absolute Gasteiger partial charge is 0.497 e. The standard InChI is InChI=1S/C21H26N2O3/c1-25-18-11-12-20(26-2)19(13-18)21(24)23-17-9-7-16(8-10-17)22-14-15-5-3-4-6-15/h7-13,15,22H,3-6,14H2,1-2H3,(H,23,24). The summed E-state index contributed by atoms with van der Waals surface area (Å²) >= 11 is 0. The molecule has 0 aliphatic heterocycles. The molecule has 0 saturated heterocycles. The predicted molar refractivity (Wildman–Crippen MR) is 104 cm³/mol. The maximum absolute atomic E-state index is 12.6. The third-order valence-electron chi connectivity index (χ3n) is 4.86. The molecule has 1 aliphatic rings. The van der Waals surface area contributed by atoms with Crippen molar-refractivity contribution in [2.45, 2.75) is 25.7 Å². The van der Waals surface area contributed by atoms with Gasteiger partial charge in [-0.3, -0.25) is 4.79 Å². The van der Waals surface area contributed by atoms with Crippen LogP contribution in [0, 0.1) is 5.92 Å². The summed E-state index contributed by atoms with van der Waals surface area (Å²) in [6.45, 7) is 1.02. The van der Waals surface area contributed by atoms with Gasteiger partial charge in [0.1, 0.15) is 11.5 Å². The van der Waals surface area contributed by atoms with E-state index in [1.54, 1.807) is 32.4 Å². The lowest BCUT2D eigenvalue weighted by molar-refractivity contribution is 0.102. The second-order valence-corrected chi connectivity index (χ2v) is 6.63. The summed E-state index contributed by atoms with van der Waals surface area (Å²) in [4.78, 5) is 12.6. The topological polar surface area (TPSA) is 59.6 Å². The van der Waals surface area contributed by atoms with Crippen LogP contribution in [0.2, 0.25) is 0 Å². The van der Waals surface area contributed by atoms with Gasteiger partial charge in [0.25, 0.3) is 5.91 Å². The van der Waals surface area contributed by atoms with Crippen molar-refractivity contribution in [1.82, 2.24) is 0 Å². The van der Waals surface area contributed by atoms with Crippen LogP contribution in [-0.2, 0) is 0 Å². The molecule has 26 heavy (non-hydrogen) atoms. The van der Waals surface area contributed by atoms with E-state index in [0.29, 0.717) is 17.1 Å². The zero-order valence-corrected chi connectivity index (χ0v) is 15.4. The Morgan fingerprint density at radius 1 is 1.00 bits per heavy atom. The predicted octanol–water partition coefficient (Wildman–Crippen LogP) is 4.56. The fourth-order valence-electron chi connectivity index (χ4n) is 3.34. The van der Waals surface area contributed by atoms with Crippen molar-refractivity contribution < 1.29 is 14.3 Å². The number of nitrogens with one attached hydrogen (secondary N) is 2. The Morgan fingerprint density at radius 3 is 2.35 bits per heavy atom. The van der Waals surface area contributed by atoms with Gasteiger partial charge in [-0.25, -0.2) is 0 Å². The molecule has 0 atom stereocenters. The van der Waals surface area contributed by atoms with Crippen molar-refractivity contribution in [2.75, 3.05) is 31.4 Å². The molecule has 0 radical (unpaired) electrons. The highest BCUT2D eigenvalue weighted by Gasteiger charge is 2.15. The summed E-state index contributed by atoms with van der Waals surface area (Å²) in [6, 6.07) is 13.0. The molecule has 0 unspecified atom stereocenters. The maximum atomic E-state index is 12.6. The van der Waals surface area contributed by atoms with Crippen LogP contribution < -0.4 is 20.1 Å². The first-order valence-corrected chi connectivity index (χ1v) is 9.07. The van der Waals surface area contributed by atoms with Gasteiger partial charge in [-0.1, -0.05) is 12.8 Å². The molecular formula is C21H26N2O3. The Balaban J connectivity index is 1.62. The molecule has 2 aromatic rings. The lowest BCUT2D eigenvalue weighted by Crippen LogP contribution is -2.14. The van der Waals surface area contributed by atoms with Crippen LogP contribution >= 0.6 is 0 Å². The highest BCUT2D eigenvalue weighted by Crippen LogP contribution is 2.26. The average Bonchev–Trinajstić information content (AvgIpc) is 3.20. The molecule has 5 heteroatoms. The molecular weight excluding hydrogens is 328 g/mol. The Bertz CT molecular complexity index is 737. The minimum absolute atomic E-state index is 0.229. The molecule has 0 heterocycles. The Kier molecular flexibility index (Phi) is 6.00. The molecule has 2 aromatic carbocycles. The van der Waals surface area contributed by atoms with E-state index < -0.39 is 0 Å². The van der Waals surface area contributed by atoms with E-state index in [9.17, 15) is 4.79 Å². The summed E-state index contributed by atoms with van der Waals surface area (Å²) < 4.78 is 10.5. The minimum atomic E-state index is -0.229. The van der Waals surface area contributed by atoms with E-state index in [2.05, 4.69) is 10.6 Å². The molecule has 0 spiro atoms. The number of benzene rings is 2. The van der Waals surface area contributed by atoms with Crippen molar-refractivity contribution in [2.24, 2.45) is 5.92 Å². The first-order valence-electron chi connectivity index (χ1n) is 9.07. The van der Waals surface area contributed by atoms with Crippen LogP contribution in [0.25, 0.3) is 0 Å². The first-order chi connectivity index (χ1) is 12.7. The number of rotatable bonds is 7. The molecule has 3 rings (SSSR count). The molecule has 0 bridgehead atoms. The van der Waals surface area contributed by atoms with E-state index in [1.165, 1.54) is 25.7 Å². The quantitative estimate of drug-likeness (QED) is 0.765. The molecule has 1 amide bonds. The number of hydrogen-bond donors (Lipinski definition) is 2. The van der Waals surface area contributed by atoms with Crippen molar-refractivity contribution in [3.05, 3.63) is 48.0 Å². The van der Waals surface area contributed by atoms with Crippen molar-refractivity contribution in [3.63, 3.8) is 0 Å². The van der Waals surface area contributed by atoms with Gasteiger partial charge in [0, 0.05) is 17.9 Å². The molecule has 5 nitrogen and oxygen atoms in total. The van der Waals surface area contributed by atoms with Gasteiger partial charge < -0.3 is 20.1 Å². The van der Waals surface area contributed by atoms with E-state index in [4.69, 9.17) is 9.47 Å². The van der Waals surface area contributed by atoms with E-state index >= 15 is 0 Å². The van der Waals surface area contributed by atoms with Crippen LogP contribution in [0.3, 0.4) is 0 Å². The van der Waals surface area contributed by atoms with Gasteiger partial charge in [0.2, 0.25) is 0 Å². The number of methoxy groups -OCH3 is 2. The number of amides is 1. The number of anilines is 2. The third-order valence-corrected chi connectivity index (χ3v) is 4.86. The average molecular weight is 354 g/mol. The minimum Gasteiger partial charge on any atom is -0.497 e. The normalized spacial score (nSPS) is 14.1. The second-order valence-electron chi connectivity index (χ2n) is 6.63. The Hall–Kier alpha value is -2.69. The number of ether oxygens (including phenoxy) is 2. The zero-order chi connectivity index (χ0) is 18.4. The number of hydrogen-bond acceptors (Lipinski definition) is 4. The fourth-order valence-corrected chi connectivity index (χ4v) is 3.34. The van der Waals surface area contributed by atoms with Crippen LogP contribution in [0.5, 0.6) is 11.5 Å². The summed E-state index contributed by atoms with van der Waals surface area (Å²) in [6.07, 6.45) is 5.35. The molecule has 1 aliphatic carbocycles. The van der Waals surface area contributed by atoms with Crippen molar-refractivity contribution >= 4 is 17.3 Å². The highest BCUT2D eigenvalue weighted by molar-refractivity contribution is 6.06. The zero-order valence-electron chi connectivity index (χ0n) is 15.4. The smallest absolute Gasteiger partial charge is 0.259 e. The monoisotopic (exact) mass is 354 g/mol. The van der Waals surface area contributed by atoms with Gasteiger partial charge in [0.15, 0.2) is 0 Å².